The molecule has 0 aliphatic carbocycles. The molecule has 1 atom stereocenters. The fourth-order valence-electron chi connectivity index (χ4n) is 3.35. The number of rotatable bonds is 7. The standard InChI is InChI=1S/C19H29NO/c1-3-7-16-10-12-17(13-11-16)19(21)15-20-14-6-5-9-18(20)8-4-2/h10-13,18H,3-9,14-15H2,1-2H3. The number of benzene rings is 1. The van der Waals surface area contributed by atoms with Gasteiger partial charge in [-0.3, -0.25) is 9.69 Å². The second-order valence-electron chi connectivity index (χ2n) is 6.28. The van der Waals surface area contributed by atoms with E-state index in [1.54, 1.807) is 0 Å². The monoisotopic (exact) mass is 287 g/mol. The molecule has 1 aliphatic heterocycles. The van der Waals surface area contributed by atoms with Crippen LogP contribution in [0.1, 0.15) is 68.3 Å². The van der Waals surface area contributed by atoms with E-state index in [9.17, 15) is 4.79 Å². The van der Waals surface area contributed by atoms with Crippen molar-refractivity contribution < 1.29 is 4.79 Å². The zero-order valence-electron chi connectivity index (χ0n) is 13.6. The minimum Gasteiger partial charge on any atom is -0.293 e. The molecule has 1 aliphatic rings. The molecule has 0 amide bonds. The van der Waals surface area contributed by atoms with Crippen molar-refractivity contribution in [1.82, 2.24) is 4.90 Å². The van der Waals surface area contributed by atoms with Crippen molar-refractivity contribution in [2.45, 2.75) is 64.8 Å². The Morgan fingerprint density at radius 2 is 1.90 bits per heavy atom. The zero-order valence-corrected chi connectivity index (χ0v) is 13.6. The highest BCUT2D eigenvalue weighted by atomic mass is 16.1. The summed E-state index contributed by atoms with van der Waals surface area (Å²) in [6, 6.07) is 8.84. The van der Waals surface area contributed by atoms with Crippen LogP contribution >= 0.6 is 0 Å². The smallest absolute Gasteiger partial charge is 0.176 e. The predicted molar refractivity (Wildman–Crippen MR) is 88.9 cm³/mol. The van der Waals surface area contributed by atoms with E-state index < -0.39 is 0 Å². The highest BCUT2D eigenvalue weighted by Crippen LogP contribution is 2.21. The van der Waals surface area contributed by atoms with Crippen LogP contribution in [0.5, 0.6) is 0 Å². The molecule has 0 aromatic heterocycles. The van der Waals surface area contributed by atoms with Crippen LogP contribution < -0.4 is 0 Å². The molecule has 2 nitrogen and oxygen atoms in total. The number of likely N-dealkylation sites (tertiary alicyclic amines) is 1. The summed E-state index contributed by atoms with van der Waals surface area (Å²) in [6.45, 7) is 6.10. The van der Waals surface area contributed by atoms with Crippen LogP contribution in [0.4, 0.5) is 0 Å². The first-order valence-corrected chi connectivity index (χ1v) is 8.60. The summed E-state index contributed by atoms with van der Waals surface area (Å²) in [5, 5.41) is 0. The molecule has 0 saturated carbocycles. The van der Waals surface area contributed by atoms with Crippen molar-refractivity contribution in [2.24, 2.45) is 0 Å². The van der Waals surface area contributed by atoms with Crippen molar-refractivity contribution in [2.75, 3.05) is 13.1 Å². The normalized spacial score (nSPS) is 19.6. The van der Waals surface area contributed by atoms with Crippen LogP contribution in [-0.2, 0) is 6.42 Å². The summed E-state index contributed by atoms with van der Waals surface area (Å²) in [6.07, 6.45) is 8.50. The van der Waals surface area contributed by atoms with Crippen molar-refractivity contribution in [3.63, 3.8) is 0 Å². The molecule has 116 valence electrons. The van der Waals surface area contributed by atoms with Crippen molar-refractivity contribution in [3.8, 4) is 0 Å². The third kappa shape index (κ3) is 4.67. The number of carbonyl (C=O) groups excluding carboxylic acids is 1. The summed E-state index contributed by atoms with van der Waals surface area (Å²) < 4.78 is 0. The first-order valence-electron chi connectivity index (χ1n) is 8.60. The van der Waals surface area contributed by atoms with E-state index in [1.807, 2.05) is 12.1 Å². The molecule has 2 heteroatoms. The van der Waals surface area contributed by atoms with E-state index in [0.29, 0.717) is 12.6 Å². The number of carbonyl (C=O) groups is 1. The van der Waals surface area contributed by atoms with Gasteiger partial charge in [-0.05, 0) is 37.8 Å². The third-order valence-electron chi connectivity index (χ3n) is 4.53. The van der Waals surface area contributed by atoms with E-state index in [2.05, 4.69) is 30.9 Å². The van der Waals surface area contributed by atoms with Gasteiger partial charge in [0.15, 0.2) is 5.78 Å². The van der Waals surface area contributed by atoms with E-state index in [4.69, 9.17) is 0 Å². The molecule has 1 fully saturated rings. The molecule has 1 saturated heterocycles. The number of hydrogen-bond acceptors (Lipinski definition) is 2. The van der Waals surface area contributed by atoms with Gasteiger partial charge in [-0.15, -0.1) is 0 Å². The van der Waals surface area contributed by atoms with Gasteiger partial charge in [0.05, 0.1) is 6.54 Å². The maximum absolute atomic E-state index is 12.5. The molecule has 2 rings (SSSR count). The highest BCUT2D eigenvalue weighted by molar-refractivity contribution is 5.97. The Labute approximate surface area is 129 Å². The first kappa shape index (κ1) is 16.2. The highest BCUT2D eigenvalue weighted by Gasteiger charge is 2.23. The van der Waals surface area contributed by atoms with Gasteiger partial charge in [0, 0.05) is 11.6 Å². The molecular formula is C19H29NO. The summed E-state index contributed by atoms with van der Waals surface area (Å²) in [5.74, 6) is 0.279. The lowest BCUT2D eigenvalue weighted by atomic mass is 9.97. The van der Waals surface area contributed by atoms with E-state index in [1.165, 1.54) is 37.7 Å². The Bertz CT molecular complexity index is 435. The second-order valence-corrected chi connectivity index (χ2v) is 6.28. The quantitative estimate of drug-likeness (QED) is 0.689. The number of nitrogens with zero attached hydrogens (tertiary/aromatic N) is 1. The lowest BCUT2D eigenvalue weighted by Gasteiger charge is -2.35. The van der Waals surface area contributed by atoms with Gasteiger partial charge < -0.3 is 0 Å². The van der Waals surface area contributed by atoms with Crippen LogP contribution in [-0.4, -0.2) is 29.8 Å². The minimum absolute atomic E-state index is 0.279. The molecule has 0 N–H and O–H groups in total. The van der Waals surface area contributed by atoms with Gasteiger partial charge >= 0.3 is 0 Å². The number of piperidine rings is 1. The molecule has 1 aromatic rings. The number of Topliss-reactive ketones (excluding diaryl/α,β-unsaturated/α-hetero) is 1. The predicted octanol–water partition coefficient (Wildman–Crippen LogP) is 4.48. The average Bonchev–Trinajstić information content (AvgIpc) is 2.50. The first-order chi connectivity index (χ1) is 10.2. The Kier molecular flexibility index (Phi) is 6.44. The number of aryl methyl sites for hydroxylation is 1. The van der Waals surface area contributed by atoms with Gasteiger partial charge in [-0.1, -0.05) is 57.4 Å². The molecule has 1 unspecified atom stereocenters. The fraction of sp³-hybridized carbons (Fsp3) is 0.632. The summed E-state index contributed by atoms with van der Waals surface area (Å²) in [4.78, 5) is 14.9. The fourth-order valence-corrected chi connectivity index (χ4v) is 3.35. The SMILES string of the molecule is CCCc1ccc(C(=O)CN2CCCCC2CCC)cc1. The Morgan fingerprint density at radius 3 is 2.57 bits per heavy atom. The molecular weight excluding hydrogens is 258 g/mol. The van der Waals surface area contributed by atoms with Gasteiger partial charge in [-0.25, -0.2) is 0 Å². The van der Waals surface area contributed by atoms with Crippen LogP contribution in [0.2, 0.25) is 0 Å². The number of ketones is 1. The molecule has 0 radical (unpaired) electrons. The van der Waals surface area contributed by atoms with Crippen LogP contribution in [0.3, 0.4) is 0 Å². The van der Waals surface area contributed by atoms with Gasteiger partial charge in [0.2, 0.25) is 0 Å². The van der Waals surface area contributed by atoms with Crippen LogP contribution in [0.15, 0.2) is 24.3 Å². The average molecular weight is 287 g/mol. The maximum Gasteiger partial charge on any atom is 0.176 e. The number of hydrogen-bond donors (Lipinski definition) is 0. The largest absolute Gasteiger partial charge is 0.293 e. The Hall–Kier alpha value is -1.15. The van der Waals surface area contributed by atoms with Crippen molar-refractivity contribution in [1.29, 1.82) is 0 Å². The summed E-state index contributed by atoms with van der Waals surface area (Å²) >= 11 is 0. The molecule has 0 bridgehead atoms. The van der Waals surface area contributed by atoms with Gasteiger partial charge in [0.1, 0.15) is 0 Å². The Balaban J connectivity index is 1.95. The van der Waals surface area contributed by atoms with Gasteiger partial charge in [-0.2, -0.15) is 0 Å². The lowest BCUT2D eigenvalue weighted by Crippen LogP contribution is -2.42. The molecule has 1 heterocycles. The van der Waals surface area contributed by atoms with Gasteiger partial charge in [0.25, 0.3) is 0 Å². The Morgan fingerprint density at radius 1 is 1.14 bits per heavy atom. The van der Waals surface area contributed by atoms with Crippen LogP contribution in [0.25, 0.3) is 0 Å². The summed E-state index contributed by atoms with van der Waals surface area (Å²) in [7, 11) is 0. The van der Waals surface area contributed by atoms with E-state index in [0.717, 1.165) is 24.9 Å². The van der Waals surface area contributed by atoms with E-state index >= 15 is 0 Å². The summed E-state index contributed by atoms with van der Waals surface area (Å²) in [5.41, 5.74) is 2.20. The minimum atomic E-state index is 0.279. The van der Waals surface area contributed by atoms with Crippen molar-refractivity contribution >= 4 is 5.78 Å². The van der Waals surface area contributed by atoms with E-state index in [-0.39, 0.29) is 5.78 Å². The zero-order chi connectivity index (χ0) is 15.1. The lowest BCUT2D eigenvalue weighted by molar-refractivity contribution is 0.0831. The third-order valence-corrected chi connectivity index (χ3v) is 4.53. The topological polar surface area (TPSA) is 20.3 Å². The molecule has 0 spiro atoms. The maximum atomic E-state index is 12.5. The van der Waals surface area contributed by atoms with Crippen molar-refractivity contribution in [3.05, 3.63) is 35.4 Å². The van der Waals surface area contributed by atoms with Crippen LogP contribution in [0, 0.1) is 0 Å². The second kappa shape index (κ2) is 8.33. The molecule has 1 aromatic carbocycles. The molecule has 21 heavy (non-hydrogen) atoms.